The highest BCUT2D eigenvalue weighted by Gasteiger charge is 2.07. The third kappa shape index (κ3) is 1.64. The maximum absolute atomic E-state index is 10.8. The van der Waals surface area contributed by atoms with Gasteiger partial charge in [0.1, 0.15) is 5.82 Å². The molecule has 0 saturated carbocycles. The zero-order chi connectivity index (χ0) is 9.14. The quantitative estimate of drug-likeness (QED) is 0.712. The van der Waals surface area contributed by atoms with Gasteiger partial charge in [0.25, 0.3) is 0 Å². The molecule has 12 heavy (non-hydrogen) atoms. The standard InChI is InChI=1S/C8H13N3O/c1-4-7-8(10-6(2)12)11(3)5-9-7/h5H,4H2,1-3H3,(H,10,12). The van der Waals surface area contributed by atoms with Crippen molar-refractivity contribution in [2.45, 2.75) is 20.3 Å². The Labute approximate surface area is 71.6 Å². The van der Waals surface area contributed by atoms with Crippen molar-refractivity contribution in [1.82, 2.24) is 9.55 Å². The molecule has 0 unspecified atom stereocenters. The number of aromatic nitrogens is 2. The number of rotatable bonds is 2. The first-order chi connectivity index (χ1) is 5.65. The third-order valence-electron chi connectivity index (χ3n) is 1.64. The molecule has 4 heteroatoms. The zero-order valence-electron chi connectivity index (χ0n) is 7.59. The van der Waals surface area contributed by atoms with E-state index in [-0.39, 0.29) is 5.91 Å². The summed E-state index contributed by atoms with van der Waals surface area (Å²) in [6, 6.07) is 0. The Morgan fingerprint density at radius 1 is 1.75 bits per heavy atom. The second-order valence-corrected chi connectivity index (χ2v) is 2.69. The summed E-state index contributed by atoms with van der Waals surface area (Å²) >= 11 is 0. The summed E-state index contributed by atoms with van der Waals surface area (Å²) in [4.78, 5) is 14.9. The fourth-order valence-corrected chi connectivity index (χ4v) is 1.06. The molecular formula is C8H13N3O. The van der Waals surface area contributed by atoms with Crippen LogP contribution in [0.25, 0.3) is 0 Å². The Hall–Kier alpha value is -1.32. The van der Waals surface area contributed by atoms with E-state index in [0.717, 1.165) is 17.9 Å². The third-order valence-corrected chi connectivity index (χ3v) is 1.64. The van der Waals surface area contributed by atoms with Crippen molar-refractivity contribution in [3.63, 3.8) is 0 Å². The fraction of sp³-hybridized carbons (Fsp3) is 0.500. The summed E-state index contributed by atoms with van der Waals surface area (Å²) in [6.45, 7) is 3.50. The molecule has 0 aliphatic rings. The highest BCUT2D eigenvalue weighted by atomic mass is 16.1. The largest absolute Gasteiger partial charge is 0.320 e. The molecule has 1 amide bonds. The van der Waals surface area contributed by atoms with Gasteiger partial charge in [-0.05, 0) is 6.42 Å². The summed E-state index contributed by atoms with van der Waals surface area (Å²) in [5.74, 6) is 0.735. The normalized spacial score (nSPS) is 9.92. The van der Waals surface area contributed by atoms with Gasteiger partial charge in [-0.3, -0.25) is 4.79 Å². The van der Waals surface area contributed by atoms with Gasteiger partial charge in [-0.15, -0.1) is 0 Å². The van der Waals surface area contributed by atoms with Gasteiger partial charge in [0.2, 0.25) is 5.91 Å². The van der Waals surface area contributed by atoms with Crippen LogP contribution in [0.1, 0.15) is 19.5 Å². The van der Waals surface area contributed by atoms with Gasteiger partial charge in [0, 0.05) is 14.0 Å². The van der Waals surface area contributed by atoms with Crippen molar-refractivity contribution >= 4 is 11.7 Å². The highest BCUT2D eigenvalue weighted by molar-refractivity contribution is 5.88. The van der Waals surface area contributed by atoms with Crippen LogP contribution in [0.4, 0.5) is 5.82 Å². The van der Waals surface area contributed by atoms with E-state index in [1.54, 1.807) is 10.9 Å². The summed E-state index contributed by atoms with van der Waals surface area (Å²) in [6.07, 6.45) is 2.53. The Morgan fingerprint density at radius 3 is 2.92 bits per heavy atom. The van der Waals surface area contributed by atoms with Gasteiger partial charge < -0.3 is 9.88 Å². The predicted octanol–water partition coefficient (Wildman–Crippen LogP) is 0.941. The average molecular weight is 167 g/mol. The van der Waals surface area contributed by atoms with Crippen molar-refractivity contribution in [2.24, 2.45) is 7.05 Å². The molecule has 1 aromatic rings. The second-order valence-electron chi connectivity index (χ2n) is 2.69. The molecule has 66 valence electrons. The maximum atomic E-state index is 10.8. The van der Waals surface area contributed by atoms with Crippen LogP contribution in [-0.2, 0) is 18.3 Å². The topological polar surface area (TPSA) is 46.9 Å². The van der Waals surface area contributed by atoms with E-state index >= 15 is 0 Å². The molecule has 0 bridgehead atoms. The fourth-order valence-electron chi connectivity index (χ4n) is 1.06. The number of carbonyl (C=O) groups excluding carboxylic acids is 1. The van der Waals surface area contributed by atoms with E-state index in [2.05, 4.69) is 10.3 Å². The number of anilines is 1. The number of amides is 1. The van der Waals surface area contributed by atoms with E-state index in [4.69, 9.17) is 0 Å². The van der Waals surface area contributed by atoms with Gasteiger partial charge in [0.15, 0.2) is 0 Å². The van der Waals surface area contributed by atoms with Crippen LogP contribution in [-0.4, -0.2) is 15.5 Å². The van der Waals surface area contributed by atoms with Crippen LogP contribution in [0.3, 0.4) is 0 Å². The van der Waals surface area contributed by atoms with E-state index in [9.17, 15) is 4.79 Å². The minimum atomic E-state index is -0.0618. The van der Waals surface area contributed by atoms with Gasteiger partial charge in [-0.1, -0.05) is 6.92 Å². The number of nitrogens with one attached hydrogen (secondary N) is 1. The smallest absolute Gasteiger partial charge is 0.222 e. The van der Waals surface area contributed by atoms with Gasteiger partial charge in [-0.25, -0.2) is 4.98 Å². The van der Waals surface area contributed by atoms with Crippen LogP contribution in [0.5, 0.6) is 0 Å². The molecule has 0 spiro atoms. The molecule has 0 aromatic carbocycles. The number of hydrogen-bond donors (Lipinski definition) is 1. The summed E-state index contributed by atoms with van der Waals surface area (Å²) in [5.41, 5.74) is 0.924. The monoisotopic (exact) mass is 167 g/mol. The van der Waals surface area contributed by atoms with E-state index in [0.29, 0.717) is 0 Å². The second kappa shape index (κ2) is 3.38. The molecule has 4 nitrogen and oxygen atoms in total. The molecule has 1 aromatic heterocycles. The summed E-state index contributed by atoms with van der Waals surface area (Å²) in [7, 11) is 1.86. The minimum Gasteiger partial charge on any atom is -0.320 e. The lowest BCUT2D eigenvalue weighted by molar-refractivity contribution is -0.114. The van der Waals surface area contributed by atoms with Crippen molar-refractivity contribution in [2.75, 3.05) is 5.32 Å². The Morgan fingerprint density at radius 2 is 2.42 bits per heavy atom. The SMILES string of the molecule is CCc1ncn(C)c1NC(C)=O. The highest BCUT2D eigenvalue weighted by Crippen LogP contribution is 2.12. The van der Waals surface area contributed by atoms with Crippen LogP contribution in [0.2, 0.25) is 0 Å². The number of hydrogen-bond acceptors (Lipinski definition) is 2. The van der Waals surface area contributed by atoms with Crippen LogP contribution in [0, 0.1) is 0 Å². The lowest BCUT2D eigenvalue weighted by Gasteiger charge is -2.03. The molecular weight excluding hydrogens is 154 g/mol. The minimum absolute atomic E-state index is 0.0618. The molecule has 1 heterocycles. The number of carbonyl (C=O) groups is 1. The number of nitrogens with zero attached hydrogens (tertiary/aromatic N) is 2. The molecule has 0 radical (unpaired) electrons. The first-order valence-corrected chi connectivity index (χ1v) is 3.93. The van der Waals surface area contributed by atoms with Gasteiger partial charge >= 0.3 is 0 Å². The van der Waals surface area contributed by atoms with Crippen LogP contribution >= 0.6 is 0 Å². The van der Waals surface area contributed by atoms with Crippen molar-refractivity contribution in [1.29, 1.82) is 0 Å². The molecule has 0 saturated heterocycles. The molecule has 0 fully saturated rings. The molecule has 0 aliphatic heterocycles. The van der Waals surface area contributed by atoms with E-state index in [1.165, 1.54) is 6.92 Å². The number of aryl methyl sites for hydroxylation is 2. The zero-order valence-corrected chi connectivity index (χ0v) is 7.59. The molecule has 1 N–H and O–H groups in total. The number of imidazole rings is 1. The van der Waals surface area contributed by atoms with E-state index in [1.807, 2.05) is 14.0 Å². The molecule has 0 atom stereocenters. The van der Waals surface area contributed by atoms with Crippen molar-refractivity contribution < 1.29 is 4.79 Å². The molecule has 0 aliphatic carbocycles. The predicted molar refractivity (Wildman–Crippen MR) is 46.9 cm³/mol. The summed E-state index contributed by atoms with van der Waals surface area (Å²) < 4.78 is 1.81. The molecule has 1 rings (SSSR count). The Kier molecular flexibility index (Phi) is 2.47. The Balaban J connectivity index is 2.94. The lowest BCUT2D eigenvalue weighted by Crippen LogP contribution is -2.10. The van der Waals surface area contributed by atoms with Gasteiger partial charge in [0.05, 0.1) is 12.0 Å². The van der Waals surface area contributed by atoms with Crippen molar-refractivity contribution in [3.8, 4) is 0 Å². The van der Waals surface area contributed by atoms with Gasteiger partial charge in [-0.2, -0.15) is 0 Å². The lowest BCUT2D eigenvalue weighted by atomic mass is 10.3. The van der Waals surface area contributed by atoms with Crippen molar-refractivity contribution in [3.05, 3.63) is 12.0 Å². The van der Waals surface area contributed by atoms with E-state index < -0.39 is 0 Å². The van der Waals surface area contributed by atoms with Crippen LogP contribution in [0.15, 0.2) is 6.33 Å². The Bertz CT molecular complexity index is 290. The first kappa shape index (κ1) is 8.77. The first-order valence-electron chi connectivity index (χ1n) is 3.93. The summed E-state index contributed by atoms with van der Waals surface area (Å²) in [5, 5.41) is 2.73. The maximum Gasteiger partial charge on any atom is 0.222 e. The van der Waals surface area contributed by atoms with Crippen LogP contribution < -0.4 is 5.32 Å². The average Bonchev–Trinajstić information content (AvgIpc) is 2.32.